The molecule has 10 fully saturated rings. The molecule has 34 atom stereocenters. The molecular weight excluding hydrogens is 1110 g/mol. The number of aliphatic hydroxyl groups is 14. The lowest BCUT2D eigenvalue weighted by Gasteiger charge is -2.73. The van der Waals surface area contributed by atoms with Crippen molar-refractivity contribution in [3.63, 3.8) is 0 Å². The van der Waals surface area contributed by atoms with Crippen LogP contribution in [-0.2, 0) is 52.2 Å². The number of hydrogen-bond acceptors (Lipinski definition) is 25. The Morgan fingerprint density at radius 3 is 1.74 bits per heavy atom. The van der Waals surface area contributed by atoms with Crippen molar-refractivity contribution in [1.29, 1.82) is 0 Å². The molecule has 5 saturated heterocycles. The maximum absolute atomic E-state index is 15.2. The van der Waals surface area contributed by atoms with E-state index < -0.39 is 177 Å². The van der Waals surface area contributed by atoms with Crippen LogP contribution in [0.5, 0.6) is 0 Å². The molecule has 0 amide bonds. The van der Waals surface area contributed by atoms with E-state index in [0.717, 1.165) is 37.7 Å². The van der Waals surface area contributed by atoms with Gasteiger partial charge in [0.1, 0.15) is 104 Å². The summed E-state index contributed by atoms with van der Waals surface area (Å²) in [6.45, 7) is 19.5. The lowest BCUT2D eigenvalue weighted by molar-refractivity contribution is -0.365. The first-order chi connectivity index (χ1) is 39.4. The van der Waals surface area contributed by atoms with Crippen molar-refractivity contribution in [1.82, 2.24) is 0 Å². The molecule has 5 heterocycles. The number of carbonyl (C=O) groups excluding carboxylic acids is 1. The summed E-state index contributed by atoms with van der Waals surface area (Å²) in [5.41, 5.74) is -1.03. The summed E-state index contributed by atoms with van der Waals surface area (Å²) in [4.78, 5) is 15.2. The quantitative estimate of drug-likeness (QED) is 0.0557. The van der Waals surface area contributed by atoms with Gasteiger partial charge in [-0.05, 0) is 136 Å². The zero-order valence-electron chi connectivity index (χ0n) is 49.5. The van der Waals surface area contributed by atoms with E-state index >= 15 is 4.79 Å². The maximum Gasteiger partial charge on any atom is 0.314 e. The van der Waals surface area contributed by atoms with E-state index in [2.05, 4.69) is 41.2 Å². The highest BCUT2D eigenvalue weighted by Crippen LogP contribution is 2.78. The Morgan fingerprint density at radius 2 is 1.12 bits per heavy atom. The standard InChI is InChI=1S/C59H96O25/c1-23(2)26-12-17-59(54(74)84-52-45(72)41(68)38(65)30(80-52)22-76-49-46(73)42(69)47(29(20-60)79-49)82-50-43(70)39(66)35(62)24(3)77-50)19-18-57(8)27(34(26)59)10-11-32-56(7)15-14-33(55(5,6)31(56)13-16-58(32,57)9)81-53-48(37(64)28(61)21-75-53)83-51-44(71)40(67)36(63)25(4)78-51/h24-53,60-73H,1,10-22H2,2-9H3/t24-,25+,26-,27+,28-,29+,30+,31-,32+,33-,34-,35-,36-,37-,38+,39+,40-,41-,42-,43+,44+,45+,46+,47+,48+,49+,50-,51-,52-,53-,56-,57+,58+,59-/m0/s1. The van der Waals surface area contributed by atoms with Crippen LogP contribution < -0.4 is 0 Å². The molecule has 0 aromatic heterocycles. The van der Waals surface area contributed by atoms with Gasteiger partial charge in [-0.1, -0.05) is 46.8 Å². The van der Waals surface area contributed by atoms with Crippen molar-refractivity contribution in [2.24, 2.45) is 56.7 Å². The fraction of sp³-hybridized carbons (Fsp3) is 0.949. The van der Waals surface area contributed by atoms with Gasteiger partial charge in [-0.25, -0.2) is 0 Å². The molecule has 5 aliphatic carbocycles. The van der Waals surface area contributed by atoms with Crippen molar-refractivity contribution < 1.29 is 124 Å². The number of hydrogen-bond donors (Lipinski definition) is 14. The molecule has 0 aromatic carbocycles. The van der Waals surface area contributed by atoms with Crippen molar-refractivity contribution in [3.8, 4) is 0 Å². The summed E-state index contributed by atoms with van der Waals surface area (Å²) in [5, 5.41) is 151. The van der Waals surface area contributed by atoms with Crippen molar-refractivity contribution in [3.05, 3.63) is 12.2 Å². The highest BCUT2D eigenvalue weighted by atomic mass is 16.8. The Morgan fingerprint density at radius 1 is 0.536 bits per heavy atom. The topological polar surface area (TPSA) is 393 Å². The van der Waals surface area contributed by atoms with Crippen molar-refractivity contribution in [2.45, 2.75) is 273 Å². The predicted octanol–water partition coefficient (Wildman–Crippen LogP) is -1.66. The van der Waals surface area contributed by atoms with E-state index in [1.165, 1.54) is 13.8 Å². The van der Waals surface area contributed by atoms with Gasteiger partial charge in [0.05, 0.1) is 43.5 Å². The Hall–Kier alpha value is -1.71. The molecule has 25 nitrogen and oxygen atoms in total. The molecule has 14 N–H and O–H groups in total. The van der Waals surface area contributed by atoms with Gasteiger partial charge < -0.3 is 119 Å². The first-order valence-electron chi connectivity index (χ1n) is 30.5. The fourth-order valence-corrected chi connectivity index (χ4v) is 18.4. The van der Waals surface area contributed by atoms with Gasteiger partial charge in [0.2, 0.25) is 6.29 Å². The largest absolute Gasteiger partial charge is 0.432 e. The van der Waals surface area contributed by atoms with Gasteiger partial charge in [-0.2, -0.15) is 0 Å². The number of esters is 1. The molecule has 5 aliphatic heterocycles. The molecule has 0 unspecified atom stereocenters. The van der Waals surface area contributed by atoms with Crippen LogP contribution in [0.4, 0.5) is 0 Å². The van der Waals surface area contributed by atoms with Crippen LogP contribution in [0.2, 0.25) is 0 Å². The Labute approximate surface area is 490 Å². The highest BCUT2D eigenvalue weighted by molar-refractivity contribution is 5.78. The Bertz CT molecular complexity index is 2320. The normalized spacial score (nSPS) is 55.6. The average molecular weight is 1210 g/mol. The summed E-state index contributed by atoms with van der Waals surface area (Å²) >= 11 is 0. The lowest BCUT2D eigenvalue weighted by atomic mass is 9.32. The molecule has 10 rings (SSSR count). The molecule has 10 aliphatic rings. The monoisotopic (exact) mass is 1200 g/mol. The van der Waals surface area contributed by atoms with Crippen molar-refractivity contribution >= 4 is 5.97 Å². The molecular formula is C59H96O25. The van der Waals surface area contributed by atoms with Gasteiger partial charge in [-0.15, -0.1) is 0 Å². The number of carbonyl (C=O) groups is 1. The minimum atomic E-state index is -1.89. The minimum absolute atomic E-state index is 0.0256. The maximum atomic E-state index is 15.2. The van der Waals surface area contributed by atoms with E-state index in [1.54, 1.807) is 0 Å². The number of aliphatic hydroxyl groups excluding tert-OH is 14. The lowest BCUT2D eigenvalue weighted by Crippen LogP contribution is -2.68. The van der Waals surface area contributed by atoms with Gasteiger partial charge in [0.15, 0.2) is 25.2 Å². The summed E-state index contributed by atoms with van der Waals surface area (Å²) in [6, 6.07) is 0. The number of allylic oxidation sites excluding steroid dienone is 1. The van der Waals surface area contributed by atoms with E-state index in [9.17, 15) is 71.5 Å². The highest BCUT2D eigenvalue weighted by Gasteiger charge is 2.73. The number of rotatable bonds is 13. The summed E-state index contributed by atoms with van der Waals surface area (Å²) in [6.07, 6.45) is -29.9. The second-order valence-corrected chi connectivity index (χ2v) is 28.1. The third-order valence-electron chi connectivity index (χ3n) is 23.5. The van der Waals surface area contributed by atoms with Gasteiger partial charge in [0, 0.05) is 0 Å². The molecule has 25 heteroatoms. The Kier molecular flexibility index (Phi) is 18.8. The van der Waals surface area contributed by atoms with Crippen LogP contribution in [0.3, 0.4) is 0 Å². The van der Waals surface area contributed by atoms with E-state index in [-0.39, 0.29) is 58.5 Å². The van der Waals surface area contributed by atoms with Crippen LogP contribution >= 0.6 is 0 Å². The van der Waals surface area contributed by atoms with E-state index in [4.69, 9.17) is 47.4 Å². The zero-order chi connectivity index (χ0) is 61.2. The average Bonchev–Trinajstić information content (AvgIpc) is 1.04. The molecule has 0 radical (unpaired) electrons. The number of fused-ring (bicyclic) bond motifs is 7. The van der Waals surface area contributed by atoms with Crippen LogP contribution in [0.1, 0.15) is 120 Å². The molecule has 0 aromatic rings. The molecule has 0 bridgehead atoms. The third-order valence-corrected chi connectivity index (χ3v) is 23.5. The minimum Gasteiger partial charge on any atom is -0.432 e. The van der Waals surface area contributed by atoms with Crippen LogP contribution in [0.15, 0.2) is 12.2 Å². The summed E-state index contributed by atoms with van der Waals surface area (Å²) < 4.78 is 59.6. The van der Waals surface area contributed by atoms with Crippen LogP contribution in [0.25, 0.3) is 0 Å². The third kappa shape index (κ3) is 10.7. The second-order valence-electron chi connectivity index (χ2n) is 28.1. The van der Waals surface area contributed by atoms with Crippen molar-refractivity contribution in [2.75, 3.05) is 19.8 Å². The first kappa shape index (κ1) is 65.2. The Balaban J connectivity index is 0.812. The van der Waals surface area contributed by atoms with Crippen LogP contribution in [-0.4, -0.2) is 251 Å². The molecule has 5 saturated carbocycles. The fourth-order valence-electron chi connectivity index (χ4n) is 18.4. The first-order valence-corrected chi connectivity index (χ1v) is 30.5. The van der Waals surface area contributed by atoms with Gasteiger partial charge in [0.25, 0.3) is 0 Å². The van der Waals surface area contributed by atoms with Gasteiger partial charge >= 0.3 is 5.97 Å². The van der Waals surface area contributed by atoms with Crippen LogP contribution in [0, 0.1) is 56.7 Å². The molecule has 84 heavy (non-hydrogen) atoms. The zero-order valence-corrected chi connectivity index (χ0v) is 49.5. The van der Waals surface area contributed by atoms with Gasteiger partial charge in [-0.3, -0.25) is 4.79 Å². The molecule has 0 spiro atoms. The second kappa shape index (κ2) is 24.2. The number of ether oxygens (including phenoxy) is 10. The molecule has 482 valence electrons. The summed E-state index contributed by atoms with van der Waals surface area (Å²) in [5.74, 6) is -0.265. The summed E-state index contributed by atoms with van der Waals surface area (Å²) in [7, 11) is 0. The smallest absolute Gasteiger partial charge is 0.314 e. The SMILES string of the molecule is C=C(C)[C@@H]1CC[C@]2(C(=O)O[C@@H]3O[C@H](CO[C@@H]4O[C@H](CO)[C@@H](O[C@@H]5O[C@@H](C)[C@H](O)[C@@H](O)[C@H]5O)[C@@H](O)[C@H]4O)[C@@H](O)[C@H](O)[C@H]3O)CC[C@]3(C)[C@H](CC[C@@H]4[C@@]5(C)CC[C@H](O[C@@H]6OC[C@H](O)[C@H](O)[C@H]6O[C@@H]6O[C@H](C)[C@H](O)[C@H](O)[C@H]6O)C(C)(C)[C@@H]5CC[C@]43C)[C@H]12. The van der Waals surface area contributed by atoms with E-state index in [1.807, 2.05) is 6.92 Å². The van der Waals surface area contributed by atoms with E-state index in [0.29, 0.717) is 32.1 Å². The predicted molar refractivity (Wildman–Crippen MR) is 287 cm³/mol.